The number of rotatable bonds is 6. The van der Waals surface area contributed by atoms with Crippen molar-refractivity contribution in [2.75, 3.05) is 4.90 Å². The topological polar surface area (TPSA) is 3.24 Å². The zero-order valence-electron chi connectivity index (χ0n) is 32.7. The Kier molecular flexibility index (Phi) is 8.35. The number of hydrogen-bond acceptors (Lipinski definition) is 1. The fraction of sp³-hybridized carbons (Fsp3) is 0.148. The van der Waals surface area contributed by atoms with E-state index in [9.17, 15) is 0 Å². The lowest BCUT2D eigenvalue weighted by Gasteiger charge is -2.28. The maximum absolute atomic E-state index is 2.38. The van der Waals surface area contributed by atoms with Crippen LogP contribution in [0.1, 0.15) is 52.7 Å². The van der Waals surface area contributed by atoms with Crippen molar-refractivity contribution in [1.82, 2.24) is 0 Å². The summed E-state index contributed by atoms with van der Waals surface area (Å²) in [5.41, 5.74) is 19.0. The van der Waals surface area contributed by atoms with E-state index in [1.54, 1.807) is 0 Å². The van der Waals surface area contributed by atoms with Crippen molar-refractivity contribution < 1.29 is 0 Å². The standard InChI is InChI=1S/C54H47N/c1-53(2,3)40-23-29-43(30-24-40)55(44-31-25-41(26-32-44)54(4,5)6)42-27-20-38(21-28-42)46-33-22-39-18-13-19-48-49(39)51(46)52-47(37-16-11-8-12-17-37)35-34-45(50(48)52)36-14-9-7-10-15-36/h7-35H,1-6H3. The van der Waals surface area contributed by atoms with E-state index < -0.39 is 0 Å². The van der Waals surface area contributed by atoms with E-state index in [0.29, 0.717) is 0 Å². The summed E-state index contributed by atoms with van der Waals surface area (Å²) >= 11 is 0. The molecule has 268 valence electrons. The summed E-state index contributed by atoms with van der Waals surface area (Å²) in [4.78, 5) is 2.38. The van der Waals surface area contributed by atoms with Crippen LogP contribution in [0.3, 0.4) is 0 Å². The first-order valence-corrected chi connectivity index (χ1v) is 19.5. The first kappa shape index (κ1) is 34.6. The van der Waals surface area contributed by atoms with Crippen molar-refractivity contribution in [3.05, 3.63) is 187 Å². The molecule has 9 rings (SSSR count). The molecule has 0 saturated carbocycles. The SMILES string of the molecule is CC(C)(C)c1ccc(N(c2ccc(-c3ccc4cccc5c4c3-c3c(-c4ccccc4)ccc(-c4ccccc4)c3-5)cc2)c2ccc(C(C)(C)C)cc2)cc1. The molecule has 55 heavy (non-hydrogen) atoms. The molecule has 0 aliphatic heterocycles. The molecule has 0 unspecified atom stereocenters. The molecular weight excluding hydrogens is 663 g/mol. The molecule has 0 aromatic heterocycles. The van der Waals surface area contributed by atoms with Gasteiger partial charge in [-0.2, -0.15) is 0 Å². The molecule has 0 N–H and O–H groups in total. The van der Waals surface area contributed by atoms with Crippen molar-refractivity contribution >= 4 is 27.8 Å². The van der Waals surface area contributed by atoms with Crippen LogP contribution in [0.25, 0.3) is 66.4 Å². The molecule has 0 atom stereocenters. The van der Waals surface area contributed by atoms with E-state index in [0.717, 1.165) is 17.1 Å². The van der Waals surface area contributed by atoms with Crippen LogP contribution in [-0.4, -0.2) is 0 Å². The van der Waals surface area contributed by atoms with Crippen LogP contribution < -0.4 is 4.90 Å². The van der Waals surface area contributed by atoms with Crippen LogP contribution in [0.2, 0.25) is 0 Å². The molecule has 0 fully saturated rings. The van der Waals surface area contributed by atoms with E-state index >= 15 is 0 Å². The van der Waals surface area contributed by atoms with Gasteiger partial charge in [0.15, 0.2) is 0 Å². The van der Waals surface area contributed by atoms with Gasteiger partial charge in [0.2, 0.25) is 0 Å². The molecular formula is C54H47N. The monoisotopic (exact) mass is 709 g/mol. The first-order chi connectivity index (χ1) is 26.6. The van der Waals surface area contributed by atoms with Crippen molar-refractivity contribution in [1.29, 1.82) is 0 Å². The Morgan fingerprint density at radius 2 is 0.727 bits per heavy atom. The summed E-state index contributed by atoms with van der Waals surface area (Å²) in [6, 6.07) is 65.2. The molecule has 1 nitrogen and oxygen atoms in total. The summed E-state index contributed by atoms with van der Waals surface area (Å²) in [7, 11) is 0. The van der Waals surface area contributed by atoms with E-state index in [1.165, 1.54) is 77.5 Å². The number of nitrogens with zero attached hydrogens (tertiary/aromatic N) is 1. The molecule has 0 radical (unpaired) electrons. The first-order valence-electron chi connectivity index (χ1n) is 19.5. The predicted octanol–water partition coefficient (Wildman–Crippen LogP) is 15.6. The zero-order chi connectivity index (χ0) is 37.9. The average molecular weight is 710 g/mol. The molecule has 0 amide bonds. The summed E-state index contributed by atoms with van der Waals surface area (Å²) in [6.45, 7) is 13.6. The average Bonchev–Trinajstić information content (AvgIpc) is 3.55. The van der Waals surface area contributed by atoms with Crippen LogP contribution in [0, 0.1) is 0 Å². The third-order valence-corrected chi connectivity index (χ3v) is 11.4. The van der Waals surface area contributed by atoms with Gasteiger partial charge < -0.3 is 4.90 Å². The molecule has 0 heterocycles. The Balaban J connectivity index is 1.21. The highest BCUT2D eigenvalue weighted by Crippen LogP contribution is 2.57. The molecule has 1 aliphatic carbocycles. The van der Waals surface area contributed by atoms with Gasteiger partial charge in [0.25, 0.3) is 0 Å². The van der Waals surface area contributed by atoms with Gasteiger partial charge in [-0.15, -0.1) is 0 Å². The molecule has 8 aromatic carbocycles. The van der Waals surface area contributed by atoms with Crippen LogP contribution in [0.4, 0.5) is 17.1 Å². The summed E-state index contributed by atoms with van der Waals surface area (Å²) in [5, 5.41) is 2.60. The van der Waals surface area contributed by atoms with Gasteiger partial charge in [-0.05, 0) is 125 Å². The van der Waals surface area contributed by atoms with E-state index in [-0.39, 0.29) is 10.8 Å². The van der Waals surface area contributed by atoms with Crippen LogP contribution in [0.15, 0.2) is 176 Å². The highest BCUT2D eigenvalue weighted by molar-refractivity contribution is 6.24. The minimum Gasteiger partial charge on any atom is -0.311 e. The number of fused-ring (bicyclic) bond motifs is 3. The minimum atomic E-state index is 0.0847. The molecule has 0 bridgehead atoms. The Morgan fingerprint density at radius 1 is 0.309 bits per heavy atom. The lowest BCUT2D eigenvalue weighted by Crippen LogP contribution is -2.14. The third-order valence-electron chi connectivity index (χ3n) is 11.4. The van der Waals surface area contributed by atoms with Crippen LogP contribution in [-0.2, 0) is 10.8 Å². The van der Waals surface area contributed by atoms with E-state index in [2.05, 4.69) is 222 Å². The van der Waals surface area contributed by atoms with Crippen molar-refractivity contribution in [3.63, 3.8) is 0 Å². The fourth-order valence-corrected chi connectivity index (χ4v) is 8.40. The molecule has 8 aromatic rings. The van der Waals surface area contributed by atoms with Crippen LogP contribution >= 0.6 is 0 Å². The summed E-state index contributed by atoms with van der Waals surface area (Å²) in [5.74, 6) is 0. The highest BCUT2D eigenvalue weighted by Gasteiger charge is 2.30. The molecule has 0 spiro atoms. The van der Waals surface area contributed by atoms with Crippen molar-refractivity contribution in [2.45, 2.75) is 52.4 Å². The summed E-state index contributed by atoms with van der Waals surface area (Å²) < 4.78 is 0. The second-order valence-corrected chi connectivity index (χ2v) is 17.0. The Hall–Kier alpha value is -6.18. The second-order valence-electron chi connectivity index (χ2n) is 17.0. The second kappa shape index (κ2) is 13.3. The van der Waals surface area contributed by atoms with Crippen molar-refractivity contribution in [3.8, 4) is 55.6 Å². The zero-order valence-corrected chi connectivity index (χ0v) is 32.7. The number of hydrogen-bond donors (Lipinski definition) is 0. The maximum atomic E-state index is 2.38. The predicted molar refractivity (Wildman–Crippen MR) is 237 cm³/mol. The van der Waals surface area contributed by atoms with Crippen molar-refractivity contribution in [2.24, 2.45) is 0 Å². The van der Waals surface area contributed by atoms with Gasteiger partial charge in [0.05, 0.1) is 0 Å². The quantitative estimate of drug-likeness (QED) is 0.166. The molecule has 0 saturated heterocycles. The Bertz CT molecular complexity index is 2600. The van der Waals surface area contributed by atoms with Gasteiger partial charge in [-0.1, -0.05) is 181 Å². The van der Waals surface area contributed by atoms with E-state index in [4.69, 9.17) is 0 Å². The lowest BCUT2D eigenvalue weighted by molar-refractivity contribution is 0.590. The number of benzene rings is 8. The molecule has 1 aliphatic rings. The normalized spacial score (nSPS) is 12.2. The fourth-order valence-electron chi connectivity index (χ4n) is 8.40. The van der Waals surface area contributed by atoms with Crippen LogP contribution in [0.5, 0.6) is 0 Å². The maximum Gasteiger partial charge on any atom is 0.0462 e. The van der Waals surface area contributed by atoms with Gasteiger partial charge >= 0.3 is 0 Å². The van der Waals surface area contributed by atoms with Gasteiger partial charge in [-0.3, -0.25) is 0 Å². The smallest absolute Gasteiger partial charge is 0.0462 e. The molecule has 1 heteroatoms. The Labute approximate surface area is 326 Å². The van der Waals surface area contributed by atoms with Gasteiger partial charge in [0, 0.05) is 17.1 Å². The summed E-state index contributed by atoms with van der Waals surface area (Å²) in [6.07, 6.45) is 0. The third kappa shape index (κ3) is 6.15. The largest absolute Gasteiger partial charge is 0.311 e. The van der Waals surface area contributed by atoms with Gasteiger partial charge in [0.1, 0.15) is 0 Å². The van der Waals surface area contributed by atoms with E-state index in [1.807, 2.05) is 0 Å². The number of anilines is 3. The highest BCUT2D eigenvalue weighted by atomic mass is 15.1. The Morgan fingerprint density at radius 3 is 1.22 bits per heavy atom. The minimum absolute atomic E-state index is 0.0847. The van der Waals surface area contributed by atoms with Gasteiger partial charge in [-0.25, -0.2) is 0 Å². The lowest BCUT2D eigenvalue weighted by atomic mass is 9.86.